The Labute approximate surface area is 124 Å². The van der Waals surface area contributed by atoms with E-state index in [1.165, 1.54) is 0 Å². The van der Waals surface area contributed by atoms with Gasteiger partial charge in [0.05, 0.1) is 6.61 Å². The van der Waals surface area contributed by atoms with Crippen molar-refractivity contribution < 1.29 is 19.7 Å². The van der Waals surface area contributed by atoms with Crippen LogP contribution in [-0.4, -0.2) is 54.6 Å². The maximum absolute atomic E-state index is 11.7. The number of benzene rings is 1. The molecule has 0 aliphatic carbocycles. The summed E-state index contributed by atoms with van der Waals surface area (Å²) in [5.41, 5.74) is -0.265. The summed E-state index contributed by atoms with van der Waals surface area (Å²) in [5, 5.41) is 24.8. The van der Waals surface area contributed by atoms with Crippen molar-refractivity contribution in [3.63, 3.8) is 0 Å². The molecule has 1 fully saturated rings. The Morgan fingerprint density at radius 1 is 1.29 bits per heavy atom. The number of piperidine rings is 1. The maximum Gasteiger partial charge on any atom is 0.251 e. The van der Waals surface area contributed by atoms with Crippen LogP contribution in [0, 0.1) is 0 Å². The van der Waals surface area contributed by atoms with Crippen LogP contribution in [0.15, 0.2) is 24.3 Å². The normalized spacial score (nSPS) is 17.2. The van der Waals surface area contributed by atoms with Gasteiger partial charge in [-0.15, -0.1) is 0 Å². The van der Waals surface area contributed by atoms with E-state index < -0.39 is 5.60 Å². The van der Waals surface area contributed by atoms with Crippen LogP contribution in [0.2, 0.25) is 0 Å². The Morgan fingerprint density at radius 3 is 2.57 bits per heavy atom. The second-order valence-corrected chi connectivity index (χ2v) is 5.27. The Bertz CT molecular complexity index is 455. The van der Waals surface area contributed by atoms with E-state index in [-0.39, 0.29) is 25.7 Å². The van der Waals surface area contributed by atoms with Gasteiger partial charge in [0.15, 0.2) is 0 Å². The summed E-state index contributed by atoms with van der Waals surface area (Å²) in [6, 6.07) is 6.74. The van der Waals surface area contributed by atoms with Crippen LogP contribution in [0.4, 0.5) is 0 Å². The van der Waals surface area contributed by atoms with Gasteiger partial charge in [0.25, 0.3) is 5.91 Å². The number of rotatable bonds is 6. The van der Waals surface area contributed by atoms with Gasteiger partial charge in [-0.05, 0) is 50.2 Å². The number of hydrogen-bond acceptors (Lipinski definition) is 5. The van der Waals surface area contributed by atoms with Gasteiger partial charge < -0.3 is 25.6 Å². The van der Waals surface area contributed by atoms with Crippen molar-refractivity contribution in [2.75, 3.05) is 32.8 Å². The Morgan fingerprint density at radius 2 is 1.95 bits per heavy atom. The summed E-state index contributed by atoms with van der Waals surface area (Å²) in [6.45, 7) is 2.00. The molecule has 6 nitrogen and oxygen atoms in total. The molecule has 6 heteroatoms. The molecular weight excluding hydrogens is 272 g/mol. The van der Waals surface area contributed by atoms with Crippen LogP contribution in [-0.2, 0) is 0 Å². The van der Waals surface area contributed by atoms with E-state index in [2.05, 4.69) is 10.6 Å². The Balaban J connectivity index is 1.86. The molecule has 0 bridgehead atoms. The molecule has 1 aliphatic rings. The highest BCUT2D eigenvalue weighted by Crippen LogP contribution is 2.20. The van der Waals surface area contributed by atoms with E-state index in [1.54, 1.807) is 24.3 Å². The number of ether oxygens (including phenoxy) is 1. The highest BCUT2D eigenvalue weighted by atomic mass is 16.5. The van der Waals surface area contributed by atoms with Crippen molar-refractivity contribution in [2.45, 2.75) is 18.4 Å². The fourth-order valence-corrected chi connectivity index (χ4v) is 2.23. The van der Waals surface area contributed by atoms with E-state index in [1.807, 2.05) is 0 Å². The third-order valence-corrected chi connectivity index (χ3v) is 3.56. The van der Waals surface area contributed by atoms with Crippen molar-refractivity contribution in [3.8, 4) is 5.75 Å². The van der Waals surface area contributed by atoms with Gasteiger partial charge in [0, 0.05) is 12.1 Å². The first-order valence-corrected chi connectivity index (χ1v) is 7.18. The molecule has 1 saturated heterocycles. The fraction of sp³-hybridized carbons (Fsp3) is 0.533. The summed E-state index contributed by atoms with van der Waals surface area (Å²) in [6.07, 6.45) is 1.35. The summed E-state index contributed by atoms with van der Waals surface area (Å²) in [7, 11) is 0. The third kappa shape index (κ3) is 4.70. The minimum Gasteiger partial charge on any atom is -0.491 e. The van der Waals surface area contributed by atoms with Gasteiger partial charge in [0.1, 0.15) is 18.0 Å². The smallest absolute Gasteiger partial charge is 0.251 e. The lowest BCUT2D eigenvalue weighted by Gasteiger charge is -2.32. The average Bonchev–Trinajstić information content (AvgIpc) is 2.52. The van der Waals surface area contributed by atoms with Gasteiger partial charge in [-0.2, -0.15) is 0 Å². The van der Waals surface area contributed by atoms with E-state index in [4.69, 9.17) is 9.84 Å². The molecule has 0 spiro atoms. The lowest BCUT2D eigenvalue weighted by molar-refractivity contribution is -0.0286. The summed E-state index contributed by atoms with van der Waals surface area (Å²) >= 11 is 0. The van der Waals surface area contributed by atoms with Crippen LogP contribution in [0.5, 0.6) is 5.75 Å². The number of aliphatic hydroxyl groups is 2. The number of aliphatic hydroxyl groups excluding tert-OH is 1. The summed E-state index contributed by atoms with van der Waals surface area (Å²) < 4.78 is 5.61. The van der Waals surface area contributed by atoms with Gasteiger partial charge in [-0.3, -0.25) is 4.79 Å². The Kier molecular flexibility index (Phi) is 5.55. The largest absolute Gasteiger partial charge is 0.491 e. The van der Waals surface area contributed by atoms with E-state index >= 15 is 0 Å². The zero-order valence-corrected chi connectivity index (χ0v) is 12.0. The zero-order chi connectivity index (χ0) is 15.1. The molecule has 1 amide bonds. The molecule has 4 N–H and O–H groups in total. The molecule has 0 aromatic heterocycles. The van der Waals surface area contributed by atoms with Gasteiger partial charge in [0.2, 0.25) is 0 Å². The van der Waals surface area contributed by atoms with E-state index in [0.717, 1.165) is 13.1 Å². The zero-order valence-electron chi connectivity index (χ0n) is 12.0. The molecular formula is C15H22N2O4. The van der Waals surface area contributed by atoms with Crippen LogP contribution in [0.25, 0.3) is 0 Å². The third-order valence-electron chi connectivity index (χ3n) is 3.56. The Hall–Kier alpha value is -1.63. The second kappa shape index (κ2) is 7.40. The average molecular weight is 294 g/mol. The summed E-state index contributed by atoms with van der Waals surface area (Å²) in [5.74, 6) is 0.397. The minimum absolute atomic E-state index is 0.0830. The molecule has 0 atom stereocenters. The van der Waals surface area contributed by atoms with Crippen LogP contribution in [0.3, 0.4) is 0 Å². The lowest BCUT2D eigenvalue weighted by Crippen LogP contribution is -2.45. The SMILES string of the molecule is O=C(NCCO)c1ccc(OCC2(O)CCNCC2)cc1. The van der Waals surface area contributed by atoms with Gasteiger partial charge in [-0.25, -0.2) is 0 Å². The van der Waals surface area contributed by atoms with Crippen molar-refractivity contribution in [2.24, 2.45) is 0 Å². The van der Waals surface area contributed by atoms with Crippen molar-refractivity contribution >= 4 is 5.91 Å². The highest BCUT2D eigenvalue weighted by molar-refractivity contribution is 5.94. The molecule has 21 heavy (non-hydrogen) atoms. The monoisotopic (exact) mass is 294 g/mol. The number of hydrogen-bond donors (Lipinski definition) is 4. The van der Waals surface area contributed by atoms with Crippen molar-refractivity contribution in [1.29, 1.82) is 0 Å². The predicted octanol–water partition coefficient (Wildman–Crippen LogP) is -0.0980. The number of carbonyl (C=O) groups excluding carboxylic acids is 1. The number of nitrogens with one attached hydrogen (secondary N) is 2. The maximum atomic E-state index is 11.7. The molecule has 116 valence electrons. The van der Waals surface area contributed by atoms with Crippen molar-refractivity contribution in [1.82, 2.24) is 10.6 Å². The first-order chi connectivity index (χ1) is 10.1. The molecule has 1 aromatic rings. The first-order valence-electron chi connectivity index (χ1n) is 7.18. The highest BCUT2D eigenvalue weighted by Gasteiger charge is 2.29. The molecule has 2 rings (SSSR count). The van der Waals surface area contributed by atoms with Crippen LogP contribution in [0.1, 0.15) is 23.2 Å². The minimum atomic E-state index is -0.775. The molecule has 1 aromatic carbocycles. The quantitative estimate of drug-likeness (QED) is 0.588. The molecule has 0 radical (unpaired) electrons. The lowest BCUT2D eigenvalue weighted by atomic mass is 9.93. The fourth-order valence-electron chi connectivity index (χ4n) is 2.23. The first kappa shape index (κ1) is 15.8. The molecule has 1 heterocycles. The number of amides is 1. The molecule has 0 unspecified atom stereocenters. The van der Waals surface area contributed by atoms with E-state index in [9.17, 15) is 9.90 Å². The molecule has 1 aliphatic heterocycles. The van der Waals surface area contributed by atoms with Gasteiger partial charge in [-0.1, -0.05) is 0 Å². The predicted molar refractivity (Wildman–Crippen MR) is 78.4 cm³/mol. The molecule has 0 saturated carbocycles. The van der Waals surface area contributed by atoms with Crippen LogP contribution >= 0.6 is 0 Å². The summed E-state index contributed by atoms with van der Waals surface area (Å²) in [4.78, 5) is 11.7. The van der Waals surface area contributed by atoms with E-state index in [0.29, 0.717) is 24.2 Å². The number of carbonyl (C=O) groups is 1. The second-order valence-electron chi connectivity index (χ2n) is 5.27. The van der Waals surface area contributed by atoms with Crippen molar-refractivity contribution in [3.05, 3.63) is 29.8 Å². The standard InChI is InChI=1S/C15H22N2O4/c18-10-9-17-14(19)12-1-3-13(4-2-12)21-11-15(20)5-7-16-8-6-15/h1-4,16,18,20H,5-11H2,(H,17,19). The van der Waals surface area contributed by atoms with Crippen LogP contribution < -0.4 is 15.4 Å². The van der Waals surface area contributed by atoms with Gasteiger partial charge >= 0.3 is 0 Å². The topological polar surface area (TPSA) is 90.8 Å².